The van der Waals surface area contributed by atoms with Gasteiger partial charge in [0, 0.05) is 28.9 Å². The lowest BCUT2D eigenvalue weighted by atomic mass is 10.0. The van der Waals surface area contributed by atoms with Crippen LogP contribution in [0.15, 0.2) is 88.8 Å². The van der Waals surface area contributed by atoms with Gasteiger partial charge in [0.25, 0.3) is 5.56 Å². The Morgan fingerprint density at radius 1 is 0.917 bits per heavy atom. The Labute approximate surface area is 211 Å². The largest absolute Gasteiger partial charge is 0.481 e. The van der Waals surface area contributed by atoms with Gasteiger partial charge in [-0.1, -0.05) is 24.3 Å². The average Bonchev–Trinajstić information content (AvgIpc) is 2.92. The molecule has 5 rings (SSSR count). The number of hydrogen-bond acceptors (Lipinski definition) is 9. The van der Waals surface area contributed by atoms with E-state index in [9.17, 15) is 4.79 Å². The molecule has 3 heterocycles. The number of pyridine rings is 2. The molecular formula is C26H22N6O3S. The van der Waals surface area contributed by atoms with Crippen molar-refractivity contribution in [2.24, 2.45) is 0 Å². The predicted octanol–water partition coefficient (Wildman–Crippen LogP) is 4.56. The topological polar surface area (TPSA) is 117 Å². The number of fused-ring (bicyclic) bond motifs is 1. The van der Waals surface area contributed by atoms with Crippen molar-refractivity contribution in [2.45, 2.75) is 4.90 Å². The van der Waals surface area contributed by atoms with Crippen molar-refractivity contribution in [3.05, 3.63) is 89.5 Å². The highest BCUT2D eigenvalue weighted by Gasteiger charge is 2.13. The SMILES string of the molecule is COc1ccc(SNc2cc(-c3ccc4nc(N)n(-c5ccccc5)c(=O)c4c3)cnc2OC)cn1. The number of hydrogen-bond donors (Lipinski definition) is 2. The van der Waals surface area contributed by atoms with Gasteiger partial charge in [0.15, 0.2) is 0 Å². The first-order valence-corrected chi connectivity index (χ1v) is 11.7. The molecule has 180 valence electrons. The molecule has 0 saturated carbocycles. The van der Waals surface area contributed by atoms with Crippen LogP contribution in [0.2, 0.25) is 0 Å². The molecule has 0 aliphatic heterocycles. The zero-order valence-corrected chi connectivity index (χ0v) is 20.3. The van der Waals surface area contributed by atoms with Gasteiger partial charge in [-0.05, 0) is 53.9 Å². The average molecular weight is 499 g/mol. The Morgan fingerprint density at radius 3 is 2.47 bits per heavy atom. The molecule has 0 amide bonds. The molecule has 0 aliphatic rings. The van der Waals surface area contributed by atoms with Crippen molar-refractivity contribution in [1.29, 1.82) is 0 Å². The van der Waals surface area contributed by atoms with Crippen molar-refractivity contribution in [2.75, 3.05) is 24.7 Å². The highest BCUT2D eigenvalue weighted by Crippen LogP contribution is 2.32. The van der Waals surface area contributed by atoms with Crippen LogP contribution in [0, 0.1) is 0 Å². The zero-order chi connectivity index (χ0) is 25.1. The first-order chi connectivity index (χ1) is 17.6. The highest BCUT2D eigenvalue weighted by atomic mass is 32.2. The third-order valence-electron chi connectivity index (χ3n) is 5.48. The zero-order valence-electron chi connectivity index (χ0n) is 19.5. The van der Waals surface area contributed by atoms with Gasteiger partial charge in [0.2, 0.25) is 17.7 Å². The Morgan fingerprint density at radius 2 is 1.75 bits per heavy atom. The summed E-state index contributed by atoms with van der Waals surface area (Å²) in [5.74, 6) is 1.11. The van der Waals surface area contributed by atoms with Gasteiger partial charge in [-0.25, -0.2) is 19.5 Å². The van der Waals surface area contributed by atoms with Gasteiger partial charge < -0.3 is 19.9 Å². The number of aromatic nitrogens is 4. The van der Waals surface area contributed by atoms with Crippen molar-refractivity contribution < 1.29 is 9.47 Å². The molecule has 3 aromatic heterocycles. The number of nitrogens with two attached hydrogens (primary N) is 1. The van der Waals surface area contributed by atoms with Crippen LogP contribution in [0.25, 0.3) is 27.7 Å². The monoisotopic (exact) mass is 498 g/mol. The fourth-order valence-corrected chi connectivity index (χ4v) is 4.33. The number of para-hydroxylation sites is 1. The van der Waals surface area contributed by atoms with Gasteiger partial charge in [-0.15, -0.1) is 0 Å². The van der Waals surface area contributed by atoms with E-state index >= 15 is 0 Å². The first-order valence-electron chi connectivity index (χ1n) is 10.9. The van der Waals surface area contributed by atoms with Gasteiger partial charge in [0.05, 0.1) is 30.8 Å². The van der Waals surface area contributed by atoms with Crippen LogP contribution >= 0.6 is 11.9 Å². The molecule has 0 saturated heterocycles. The first kappa shape index (κ1) is 23.2. The Kier molecular flexibility index (Phi) is 6.42. The van der Waals surface area contributed by atoms with Crippen molar-refractivity contribution in [3.63, 3.8) is 0 Å². The summed E-state index contributed by atoms with van der Waals surface area (Å²) in [6.45, 7) is 0. The molecule has 0 bridgehead atoms. The normalized spacial score (nSPS) is 10.8. The molecule has 5 aromatic rings. The maximum Gasteiger partial charge on any atom is 0.267 e. The van der Waals surface area contributed by atoms with E-state index in [1.807, 2.05) is 48.5 Å². The second-order valence-corrected chi connectivity index (χ2v) is 8.58. The number of anilines is 2. The van der Waals surface area contributed by atoms with Gasteiger partial charge in [0.1, 0.15) is 5.69 Å². The van der Waals surface area contributed by atoms with E-state index in [4.69, 9.17) is 15.2 Å². The number of nitrogen functional groups attached to an aromatic ring is 1. The fourth-order valence-electron chi connectivity index (χ4n) is 3.72. The number of rotatable bonds is 7. The van der Waals surface area contributed by atoms with E-state index in [0.717, 1.165) is 16.0 Å². The molecule has 0 unspecified atom stereocenters. The predicted molar refractivity (Wildman–Crippen MR) is 142 cm³/mol. The molecule has 2 aromatic carbocycles. The third-order valence-corrected chi connectivity index (χ3v) is 6.28. The molecule has 0 spiro atoms. The summed E-state index contributed by atoms with van der Waals surface area (Å²) < 4.78 is 15.2. The van der Waals surface area contributed by atoms with E-state index < -0.39 is 0 Å². The Bertz CT molecular complexity index is 1590. The fraction of sp³-hybridized carbons (Fsp3) is 0.0769. The number of ether oxygens (including phenoxy) is 2. The number of benzene rings is 2. The smallest absolute Gasteiger partial charge is 0.267 e. The lowest BCUT2D eigenvalue weighted by Crippen LogP contribution is -2.23. The van der Waals surface area contributed by atoms with Crippen LogP contribution in [0.5, 0.6) is 11.8 Å². The van der Waals surface area contributed by atoms with E-state index in [0.29, 0.717) is 34.0 Å². The number of methoxy groups -OCH3 is 2. The van der Waals surface area contributed by atoms with Crippen LogP contribution in [-0.2, 0) is 0 Å². The summed E-state index contributed by atoms with van der Waals surface area (Å²) in [6, 6.07) is 20.3. The minimum Gasteiger partial charge on any atom is -0.481 e. The summed E-state index contributed by atoms with van der Waals surface area (Å²) in [5, 5.41) is 0.453. The summed E-state index contributed by atoms with van der Waals surface area (Å²) in [6.07, 6.45) is 3.41. The second kappa shape index (κ2) is 9.96. The van der Waals surface area contributed by atoms with Gasteiger partial charge >= 0.3 is 0 Å². The van der Waals surface area contributed by atoms with E-state index in [2.05, 4.69) is 19.7 Å². The van der Waals surface area contributed by atoms with Gasteiger partial charge in [-0.2, -0.15) is 0 Å². The molecule has 3 N–H and O–H groups in total. The maximum absolute atomic E-state index is 13.4. The Balaban J connectivity index is 1.51. The van der Waals surface area contributed by atoms with E-state index in [1.165, 1.54) is 16.5 Å². The lowest BCUT2D eigenvalue weighted by molar-refractivity contribution is 0.397. The van der Waals surface area contributed by atoms with Crippen molar-refractivity contribution in [3.8, 4) is 28.6 Å². The molecule has 9 nitrogen and oxygen atoms in total. The Hall–Kier alpha value is -4.57. The lowest BCUT2D eigenvalue weighted by Gasteiger charge is -2.13. The molecule has 0 fully saturated rings. The van der Waals surface area contributed by atoms with E-state index in [1.54, 1.807) is 44.8 Å². The van der Waals surface area contributed by atoms with Crippen LogP contribution in [0.3, 0.4) is 0 Å². The summed E-state index contributed by atoms with van der Waals surface area (Å²) in [7, 11) is 3.13. The summed E-state index contributed by atoms with van der Waals surface area (Å²) >= 11 is 1.37. The standard InChI is InChI=1S/C26H22N6O3S/c1-34-23-11-9-19(15-28-23)36-31-22-13-17(14-29-24(22)35-2)16-8-10-21-20(12-16)25(33)32(26(27)30-21)18-6-4-3-5-7-18/h3-15,31H,1-2H3,(H2,27,30). The summed E-state index contributed by atoms with van der Waals surface area (Å²) in [5.41, 5.74) is 9.34. The van der Waals surface area contributed by atoms with Crippen LogP contribution in [-0.4, -0.2) is 33.7 Å². The molecule has 0 radical (unpaired) electrons. The maximum atomic E-state index is 13.4. The second-order valence-electron chi connectivity index (χ2n) is 7.70. The molecule has 0 aliphatic carbocycles. The number of nitrogens with zero attached hydrogens (tertiary/aromatic N) is 4. The quantitative estimate of drug-likeness (QED) is 0.311. The molecule has 36 heavy (non-hydrogen) atoms. The van der Waals surface area contributed by atoms with Gasteiger partial charge in [-0.3, -0.25) is 4.79 Å². The third kappa shape index (κ3) is 4.53. The van der Waals surface area contributed by atoms with E-state index in [-0.39, 0.29) is 11.5 Å². The molecular weight excluding hydrogens is 476 g/mol. The van der Waals surface area contributed by atoms with Crippen LogP contribution < -0.4 is 25.5 Å². The van der Waals surface area contributed by atoms with Crippen LogP contribution in [0.4, 0.5) is 11.6 Å². The van der Waals surface area contributed by atoms with Crippen molar-refractivity contribution in [1.82, 2.24) is 19.5 Å². The highest BCUT2D eigenvalue weighted by molar-refractivity contribution is 8.00. The minimum atomic E-state index is -0.243. The van der Waals surface area contributed by atoms with Crippen LogP contribution in [0.1, 0.15) is 0 Å². The molecule has 0 atom stereocenters. The van der Waals surface area contributed by atoms with Crippen molar-refractivity contribution >= 4 is 34.5 Å². The minimum absolute atomic E-state index is 0.133. The number of nitrogens with one attached hydrogen (secondary N) is 1. The summed E-state index contributed by atoms with van der Waals surface area (Å²) in [4.78, 5) is 27.4. The molecule has 10 heteroatoms.